The Morgan fingerprint density at radius 1 is 1.26 bits per heavy atom. The van der Waals surface area contributed by atoms with Crippen molar-refractivity contribution in [3.63, 3.8) is 0 Å². The molecule has 2 heterocycles. The maximum atomic E-state index is 12.6. The van der Waals surface area contributed by atoms with E-state index in [1.807, 2.05) is 18.2 Å². The molecule has 1 aromatic carbocycles. The van der Waals surface area contributed by atoms with Gasteiger partial charge in [-0.3, -0.25) is 4.68 Å². The Morgan fingerprint density at radius 2 is 2.00 bits per heavy atom. The van der Waals surface area contributed by atoms with Crippen molar-refractivity contribution in [1.29, 1.82) is 0 Å². The second-order valence-electron chi connectivity index (χ2n) is 4.99. The Hall–Kier alpha value is -2.52. The summed E-state index contributed by atoms with van der Waals surface area (Å²) >= 11 is 0. The second-order valence-corrected chi connectivity index (χ2v) is 6.70. The fourth-order valence-electron chi connectivity index (χ4n) is 2.11. The summed E-state index contributed by atoms with van der Waals surface area (Å²) in [6.45, 7) is 1.65. The first-order valence-electron chi connectivity index (χ1n) is 6.82. The first-order valence-corrected chi connectivity index (χ1v) is 8.30. The molecular formula is C14H15N5O3S. The van der Waals surface area contributed by atoms with E-state index >= 15 is 0 Å². The molecule has 0 amide bonds. The molecule has 23 heavy (non-hydrogen) atoms. The van der Waals surface area contributed by atoms with Crippen LogP contribution in [0.25, 0.3) is 0 Å². The van der Waals surface area contributed by atoms with Crippen molar-refractivity contribution in [3.8, 4) is 0 Å². The normalized spacial score (nSPS) is 13.1. The highest BCUT2D eigenvalue weighted by Gasteiger charge is 2.27. The Balaban J connectivity index is 1.99. The second kappa shape index (κ2) is 5.94. The SMILES string of the molecule is Cc1nc(C(NS(=O)(=O)c2cnn(C)c2)c2ccccc2)no1. The number of rotatable bonds is 5. The highest BCUT2D eigenvalue weighted by Crippen LogP contribution is 2.22. The van der Waals surface area contributed by atoms with Gasteiger partial charge < -0.3 is 4.52 Å². The average Bonchev–Trinajstić information content (AvgIpc) is 3.15. The molecule has 0 aliphatic heterocycles. The Bertz CT molecular complexity index is 901. The van der Waals surface area contributed by atoms with Gasteiger partial charge in [0, 0.05) is 20.2 Å². The van der Waals surface area contributed by atoms with E-state index in [1.54, 1.807) is 26.1 Å². The summed E-state index contributed by atoms with van der Waals surface area (Å²) in [5.41, 5.74) is 0.709. The van der Waals surface area contributed by atoms with E-state index in [4.69, 9.17) is 4.52 Å². The molecule has 8 nitrogen and oxygen atoms in total. The fraction of sp³-hybridized carbons (Fsp3) is 0.214. The molecular weight excluding hydrogens is 318 g/mol. The lowest BCUT2D eigenvalue weighted by atomic mass is 10.1. The van der Waals surface area contributed by atoms with Crippen molar-refractivity contribution in [1.82, 2.24) is 24.6 Å². The number of aryl methyl sites for hydroxylation is 2. The molecule has 0 radical (unpaired) electrons. The van der Waals surface area contributed by atoms with E-state index in [9.17, 15) is 8.42 Å². The minimum atomic E-state index is -3.78. The van der Waals surface area contributed by atoms with E-state index in [-0.39, 0.29) is 10.7 Å². The highest BCUT2D eigenvalue weighted by molar-refractivity contribution is 7.89. The molecule has 0 saturated carbocycles. The summed E-state index contributed by atoms with van der Waals surface area (Å²) in [5, 5.41) is 7.73. The molecule has 120 valence electrons. The molecule has 9 heteroatoms. The van der Waals surface area contributed by atoms with E-state index in [0.717, 1.165) is 0 Å². The van der Waals surface area contributed by atoms with E-state index in [1.165, 1.54) is 17.1 Å². The standard InChI is InChI=1S/C14H15N5O3S/c1-10-16-14(17-22-10)13(11-6-4-3-5-7-11)18-23(20,21)12-8-15-19(2)9-12/h3-9,13,18H,1-2H3. The van der Waals surface area contributed by atoms with Crippen LogP contribution in [0.2, 0.25) is 0 Å². The van der Waals surface area contributed by atoms with E-state index in [2.05, 4.69) is 20.0 Å². The van der Waals surface area contributed by atoms with Crippen LogP contribution < -0.4 is 4.72 Å². The van der Waals surface area contributed by atoms with Crippen molar-refractivity contribution in [2.75, 3.05) is 0 Å². The molecule has 1 N–H and O–H groups in total. The lowest BCUT2D eigenvalue weighted by molar-refractivity contribution is 0.384. The van der Waals surface area contributed by atoms with Crippen LogP contribution in [-0.2, 0) is 17.1 Å². The summed E-state index contributed by atoms with van der Waals surface area (Å²) in [7, 11) is -2.13. The zero-order valence-corrected chi connectivity index (χ0v) is 13.4. The number of sulfonamides is 1. The number of aromatic nitrogens is 4. The van der Waals surface area contributed by atoms with E-state index in [0.29, 0.717) is 11.5 Å². The third-order valence-electron chi connectivity index (χ3n) is 3.20. The zero-order chi connectivity index (χ0) is 16.4. The molecule has 2 aromatic heterocycles. The van der Waals surface area contributed by atoms with Crippen molar-refractivity contribution >= 4 is 10.0 Å². The molecule has 0 aliphatic carbocycles. The summed E-state index contributed by atoms with van der Waals surface area (Å²) in [6, 6.07) is 8.31. The van der Waals surface area contributed by atoms with Gasteiger partial charge in [-0.05, 0) is 5.56 Å². The average molecular weight is 333 g/mol. The smallest absolute Gasteiger partial charge is 0.244 e. The molecule has 0 saturated heterocycles. The number of nitrogens with one attached hydrogen (secondary N) is 1. The number of nitrogens with zero attached hydrogens (tertiary/aromatic N) is 4. The van der Waals surface area contributed by atoms with Crippen molar-refractivity contribution < 1.29 is 12.9 Å². The van der Waals surface area contributed by atoms with Gasteiger partial charge >= 0.3 is 0 Å². The Labute approximate surface area is 133 Å². The van der Waals surface area contributed by atoms with Crippen molar-refractivity contribution in [2.45, 2.75) is 17.9 Å². The largest absolute Gasteiger partial charge is 0.340 e. The predicted molar refractivity (Wildman–Crippen MR) is 80.8 cm³/mol. The molecule has 0 bridgehead atoms. The lowest BCUT2D eigenvalue weighted by Gasteiger charge is -2.15. The summed E-state index contributed by atoms with van der Waals surface area (Å²) in [6.07, 6.45) is 2.71. The van der Waals surface area contributed by atoms with Gasteiger partial charge in [0.1, 0.15) is 10.9 Å². The van der Waals surface area contributed by atoms with Gasteiger partial charge in [-0.2, -0.15) is 14.8 Å². The minimum Gasteiger partial charge on any atom is -0.340 e. The summed E-state index contributed by atoms with van der Waals surface area (Å²) < 4.78 is 34.1. The fourth-order valence-corrected chi connectivity index (χ4v) is 3.27. The van der Waals surface area contributed by atoms with Crippen LogP contribution in [0.4, 0.5) is 0 Å². The van der Waals surface area contributed by atoms with Crippen LogP contribution in [0.15, 0.2) is 52.1 Å². The van der Waals surface area contributed by atoms with Gasteiger partial charge in [0.25, 0.3) is 0 Å². The van der Waals surface area contributed by atoms with E-state index < -0.39 is 16.1 Å². The number of hydrogen-bond acceptors (Lipinski definition) is 6. The van der Waals surface area contributed by atoms with Gasteiger partial charge in [-0.25, -0.2) is 8.42 Å². The highest BCUT2D eigenvalue weighted by atomic mass is 32.2. The third kappa shape index (κ3) is 3.30. The van der Waals surface area contributed by atoms with Crippen molar-refractivity contribution in [3.05, 3.63) is 60.0 Å². The van der Waals surface area contributed by atoms with Crippen LogP contribution in [-0.4, -0.2) is 28.3 Å². The van der Waals surface area contributed by atoms with Gasteiger partial charge in [-0.1, -0.05) is 35.5 Å². The molecule has 1 unspecified atom stereocenters. The predicted octanol–water partition coefficient (Wildman–Crippen LogP) is 1.18. The summed E-state index contributed by atoms with van der Waals surface area (Å²) in [5.74, 6) is 0.614. The van der Waals surface area contributed by atoms with Gasteiger partial charge in [0.2, 0.25) is 15.9 Å². The molecule has 3 aromatic rings. The van der Waals surface area contributed by atoms with Gasteiger partial charge in [0.05, 0.1) is 6.20 Å². The van der Waals surface area contributed by atoms with Crippen LogP contribution >= 0.6 is 0 Å². The minimum absolute atomic E-state index is 0.0705. The van der Waals surface area contributed by atoms with Gasteiger partial charge in [0.15, 0.2) is 5.82 Å². The maximum Gasteiger partial charge on any atom is 0.244 e. The monoisotopic (exact) mass is 333 g/mol. The summed E-state index contributed by atoms with van der Waals surface area (Å²) in [4.78, 5) is 4.22. The van der Waals surface area contributed by atoms with Crippen molar-refractivity contribution in [2.24, 2.45) is 7.05 Å². The van der Waals surface area contributed by atoms with Crippen LogP contribution in [0.3, 0.4) is 0 Å². The third-order valence-corrected chi connectivity index (χ3v) is 4.58. The maximum absolute atomic E-state index is 12.6. The number of hydrogen-bond donors (Lipinski definition) is 1. The first-order chi connectivity index (χ1) is 11.0. The first kappa shape index (κ1) is 15.4. The Morgan fingerprint density at radius 3 is 2.57 bits per heavy atom. The zero-order valence-electron chi connectivity index (χ0n) is 12.5. The molecule has 3 rings (SSSR count). The molecule has 0 aliphatic rings. The van der Waals surface area contributed by atoms with Crippen LogP contribution in [0.1, 0.15) is 23.3 Å². The molecule has 0 fully saturated rings. The molecule has 0 spiro atoms. The Kier molecular flexibility index (Phi) is 3.97. The lowest BCUT2D eigenvalue weighted by Crippen LogP contribution is -2.30. The van der Waals surface area contributed by atoms with Gasteiger partial charge in [-0.15, -0.1) is 0 Å². The van der Waals surface area contributed by atoms with Crippen LogP contribution in [0.5, 0.6) is 0 Å². The molecule has 1 atom stereocenters. The quantitative estimate of drug-likeness (QED) is 0.752. The number of benzene rings is 1. The topological polar surface area (TPSA) is 103 Å². The van der Waals surface area contributed by atoms with Crippen LogP contribution in [0, 0.1) is 6.92 Å².